The van der Waals surface area contributed by atoms with E-state index in [1.54, 1.807) is 12.1 Å². The number of benzene rings is 2. The molecule has 0 aliphatic carbocycles. The molecule has 2 aromatic carbocycles. The van der Waals surface area contributed by atoms with Crippen LogP contribution in [0.3, 0.4) is 0 Å². The lowest BCUT2D eigenvalue weighted by atomic mass is 10.0. The molecule has 0 radical (unpaired) electrons. The number of nitrogens with two attached hydrogens (primary N) is 2. The lowest BCUT2D eigenvalue weighted by Crippen LogP contribution is -2.24. The maximum Gasteiger partial charge on any atom is 0.280 e. The molecule has 0 fully saturated rings. The molecule has 0 unspecified atom stereocenters. The Kier molecular flexibility index (Phi) is 3.39. The van der Waals surface area contributed by atoms with Gasteiger partial charge in [0.1, 0.15) is 0 Å². The van der Waals surface area contributed by atoms with Gasteiger partial charge in [0.2, 0.25) is 0 Å². The van der Waals surface area contributed by atoms with Crippen LogP contribution in [0.4, 0.5) is 0 Å². The van der Waals surface area contributed by atoms with E-state index >= 15 is 0 Å². The Balaban J connectivity index is 2.01. The highest BCUT2D eigenvalue weighted by Crippen LogP contribution is 2.25. The van der Waals surface area contributed by atoms with Gasteiger partial charge in [-0.1, -0.05) is 18.2 Å². The van der Waals surface area contributed by atoms with Crippen LogP contribution in [0.5, 0.6) is 0 Å². The number of hydrogen-bond donors (Lipinski definition) is 2. The molecule has 1 heterocycles. The first kappa shape index (κ1) is 13.9. The van der Waals surface area contributed by atoms with Crippen LogP contribution in [0.15, 0.2) is 59.9 Å². The number of carbonyl (C=O) groups excluding carboxylic acids is 1. The SMILES string of the molecule is Cn1ccc(-c2ccc3cc(C(=O)N=C(N)N)ccc3c2)c1. The van der Waals surface area contributed by atoms with E-state index < -0.39 is 5.91 Å². The van der Waals surface area contributed by atoms with E-state index in [0.717, 1.165) is 21.9 Å². The average molecular weight is 292 g/mol. The molecule has 1 amide bonds. The highest BCUT2D eigenvalue weighted by atomic mass is 16.1. The summed E-state index contributed by atoms with van der Waals surface area (Å²) in [5.74, 6) is -0.668. The largest absolute Gasteiger partial charge is 0.370 e. The highest BCUT2D eigenvalue weighted by Gasteiger charge is 2.07. The van der Waals surface area contributed by atoms with Crippen molar-refractivity contribution in [3.63, 3.8) is 0 Å². The molecule has 3 aromatic rings. The molecule has 4 N–H and O–H groups in total. The number of fused-ring (bicyclic) bond motifs is 1. The number of nitrogens with zero attached hydrogens (tertiary/aromatic N) is 2. The smallest absolute Gasteiger partial charge is 0.280 e. The second-order valence-electron chi connectivity index (χ2n) is 5.18. The first-order valence-electron chi connectivity index (χ1n) is 6.83. The van der Waals surface area contributed by atoms with Crippen LogP contribution >= 0.6 is 0 Å². The third-order valence-electron chi connectivity index (χ3n) is 3.48. The molecule has 0 saturated heterocycles. The van der Waals surface area contributed by atoms with E-state index in [4.69, 9.17) is 11.5 Å². The molecule has 0 saturated carbocycles. The number of aromatic nitrogens is 1. The summed E-state index contributed by atoms with van der Waals surface area (Å²) >= 11 is 0. The van der Waals surface area contributed by atoms with Gasteiger partial charge in [0.25, 0.3) is 5.91 Å². The van der Waals surface area contributed by atoms with Gasteiger partial charge in [0.05, 0.1) is 0 Å². The van der Waals surface area contributed by atoms with Gasteiger partial charge in [-0.25, -0.2) is 0 Å². The standard InChI is InChI=1S/C17H16N4O/c1-21-7-6-15(10-21)13-3-2-12-9-14(5-4-11(12)8-13)16(22)20-17(18)19/h2-10H,1H3,(H4,18,19,20,22). The van der Waals surface area contributed by atoms with Crippen molar-refractivity contribution in [3.05, 3.63) is 60.4 Å². The van der Waals surface area contributed by atoms with Crippen LogP contribution in [0.1, 0.15) is 10.4 Å². The Bertz CT molecular complexity index is 889. The first-order valence-corrected chi connectivity index (χ1v) is 6.83. The predicted octanol–water partition coefficient (Wildman–Crippen LogP) is 2.26. The van der Waals surface area contributed by atoms with Crippen LogP contribution in [-0.4, -0.2) is 16.4 Å². The average Bonchev–Trinajstić information content (AvgIpc) is 2.92. The summed E-state index contributed by atoms with van der Waals surface area (Å²) in [5, 5.41) is 2.03. The number of amides is 1. The van der Waals surface area contributed by atoms with Crippen molar-refractivity contribution in [2.75, 3.05) is 0 Å². The summed E-state index contributed by atoms with van der Waals surface area (Å²) in [6.07, 6.45) is 4.08. The molecule has 22 heavy (non-hydrogen) atoms. The zero-order chi connectivity index (χ0) is 15.7. The molecule has 1 aromatic heterocycles. The number of hydrogen-bond acceptors (Lipinski definition) is 1. The maximum absolute atomic E-state index is 11.8. The van der Waals surface area contributed by atoms with Crippen molar-refractivity contribution in [2.24, 2.45) is 23.5 Å². The molecule has 5 heteroatoms. The Hall–Kier alpha value is -3.08. The molecule has 0 bridgehead atoms. The van der Waals surface area contributed by atoms with Crippen LogP contribution in [0, 0.1) is 0 Å². The number of guanidine groups is 1. The van der Waals surface area contributed by atoms with Crippen molar-refractivity contribution >= 4 is 22.6 Å². The van der Waals surface area contributed by atoms with Crippen LogP contribution in [0.25, 0.3) is 21.9 Å². The number of aliphatic imine (C=N–C) groups is 1. The lowest BCUT2D eigenvalue weighted by Gasteiger charge is -2.04. The fraction of sp³-hybridized carbons (Fsp3) is 0.0588. The van der Waals surface area contributed by atoms with Gasteiger partial charge in [-0.3, -0.25) is 4.79 Å². The zero-order valence-corrected chi connectivity index (χ0v) is 12.2. The van der Waals surface area contributed by atoms with E-state index in [1.807, 2.05) is 36.0 Å². The van der Waals surface area contributed by atoms with Crippen LogP contribution < -0.4 is 11.5 Å². The van der Waals surface area contributed by atoms with Gasteiger partial charge in [-0.05, 0) is 46.2 Å². The monoisotopic (exact) mass is 292 g/mol. The van der Waals surface area contributed by atoms with Crippen molar-refractivity contribution in [1.29, 1.82) is 0 Å². The minimum atomic E-state index is -0.436. The zero-order valence-electron chi connectivity index (χ0n) is 12.2. The van der Waals surface area contributed by atoms with E-state index in [-0.39, 0.29) is 5.96 Å². The summed E-state index contributed by atoms with van der Waals surface area (Å²) in [6, 6.07) is 13.6. The Morgan fingerprint density at radius 3 is 2.41 bits per heavy atom. The maximum atomic E-state index is 11.8. The molecule has 0 spiro atoms. The van der Waals surface area contributed by atoms with Gasteiger partial charge in [-0.15, -0.1) is 0 Å². The van der Waals surface area contributed by atoms with Crippen molar-refractivity contribution in [3.8, 4) is 11.1 Å². The second kappa shape index (κ2) is 5.37. The number of carbonyl (C=O) groups is 1. The van der Waals surface area contributed by atoms with Gasteiger partial charge in [0.15, 0.2) is 5.96 Å². The van der Waals surface area contributed by atoms with E-state index in [0.29, 0.717) is 5.56 Å². The van der Waals surface area contributed by atoms with E-state index in [1.165, 1.54) is 0 Å². The second-order valence-corrected chi connectivity index (χ2v) is 5.18. The third kappa shape index (κ3) is 2.69. The topological polar surface area (TPSA) is 86.4 Å². The van der Waals surface area contributed by atoms with E-state index in [9.17, 15) is 4.79 Å². The molecular weight excluding hydrogens is 276 g/mol. The third-order valence-corrected chi connectivity index (χ3v) is 3.48. The summed E-state index contributed by atoms with van der Waals surface area (Å²) in [6.45, 7) is 0. The number of aryl methyl sites for hydroxylation is 1. The molecule has 0 aliphatic heterocycles. The summed E-state index contributed by atoms with van der Waals surface area (Å²) in [5.41, 5.74) is 13.2. The van der Waals surface area contributed by atoms with Crippen molar-refractivity contribution in [2.45, 2.75) is 0 Å². The van der Waals surface area contributed by atoms with E-state index in [2.05, 4.69) is 23.3 Å². The van der Waals surface area contributed by atoms with Crippen LogP contribution in [0.2, 0.25) is 0 Å². The summed E-state index contributed by atoms with van der Waals surface area (Å²) in [4.78, 5) is 15.4. The van der Waals surface area contributed by atoms with Crippen molar-refractivity contribution in [1.82, 2.24) is 4.57 Å². The molecular formula is C17H16N4O. The fourth-order valence-electron chi connectivity index (χ4n) is 2.41. The summed E-state index contributed by atoms with van der Waals surface area (Å²) in [7, 11) is 1.99. The Morgan fingerprint density at radius 1 is 1.00 bits per heavy atom. The van der Waals surface area contributed by atoms with Gasteiger partial charge < -0.3 is 16.0 Å². The minimum Gasteiger partial charge on any atom is -0.370 e. The van der Waals surface area contributed by atoms with Crippen LogP contribution in [-0.2, 0) is 7.05 Å². The fourth-order valence-corrected chi connectivity index (χ4v) is 2.41. The Labute approximate surface area is 127 Å². The van der Waals surface area contributed by atoms with Gasteiger partial charge >= 0.3 is 0 Å². The number of rotatable bonds is 2. The minimum absolute atomic E-state index is 0.232. The Morgan fingerprint density at radius 2 is 1.73 bits per heavy atom. The molecule has 110 valence electrons. The van der Waals surface area contributed by atoms with Crippen molar-refractivity contribution < 1.29 is 4.79 Å². The molecule has 5 nitrogen and oxygen atoms in total. The quantitative estimate of drug-likeness (QED) is 0.561. The molecule has 0 atom stereocenters. The lowest BCUT2D eigenvalue weighted by molar-refractivity contribution is 0.100. The summed E-state index contributed by atoms with van der Waals surface area (Å²) < 4.78 is 2.01. The highest BCUT2D eigenvalue weighted by molar-refractivity contribution is 6.04. The van der Waals surface area contributed by atoms with Gasteiger partial charge in [-0.2, -0.15) is 4.99 Å². The first-order chi connectivity index (χ1) is 10.5. The van der Waals surface area contributed by atoms with Gasteiger partial charge in [0, 0.05) is 25.0 Å². The normalized spacial score (nSPS) is 10.6. The molecule has 0 aliphatic rings. The molecule has 3 rings (SSSR count). The predicted molar refractivity (Wildman–Crippen MR) is 88.5 cm³/mol.